The fourth-order valence-corrected chi connectivity index (χ4v) is 2.36. The summed E-state index contributed by atoms with van der Waals surface area (Å²) >= 11 is 2.24. The second-order valence-electron chi connectivity index (χ2n) is 4.80. The van der Waals surface area contributed by atoms with Gasteiger partial charge < -0.3 is 4.74 Å². The highest BCUT2D eigenvalue weighted by Gasteiger charge is 2.04. The van der Waals surface area contributed by atoms with Gasteiger partial charge in [-0.1, -0.05) is 30.3 Å². The van der Waals surface area contributed by atoms with E-state index in [0.29, 0.717) is 5.75 Å². The molecule has 114 valence electrons. The number of amides is 1. The zero-order valence-electron chi connectivity index (χ0n) is 12.5. The molecule has 0 radical (unpaired) electrons. The van der Waals surface area contributed by atoms with Crippen LogP contribution in [0.25, 0.3) is 0 Å². The lowest BCUT2D eigenvalue weighted by atomic mass is 10.1. The number of hydrogen-bond acceptors (Lipinski definition) is 3. The summed E-state index contributed by atoms with van der Waals surface area (Å²) in [7, 11) is 0. The van der Waals surface area contributed by atoms with Crippen LogP contribution in [0.1, 0.15) is 18.1 Å². The lowest BCUT2D eigenvalue weighted by Crippen LogP contribution is -2.25. The topological polar surface area (TPSA) is 50.7 Å². The molecule has 0 aromatic heterocycles. The van der Waals surface area contributed by atoms with E-state index in [0.717, 1.165) is 20.4 Å². The van der Waals surface area contributed by atoms with Gasteiger partial charge in [0, 0.05) is 3.57 Å². The minimum absolute atomic E-state index is 0.0616. The standard InChI is InChI=1S/C17H17IN2O2/c1-12-6-3-4-9-16(12)22-11-17(21)20-19-13(2)14-7-5-8-15(18)10-14/h3-10H,11H2,1-2H3,(H,20,21)/b19-13-. The Morgan fingerprint density at radius 3 is 2.73 bits per heavy atom. The number of halogens is 1. The molecule has 22 heavy (non-hydrogen) atoms. The highest BCUT2D eigenvalue weighted by atomic mass is 127. The van der Waals surface area contributed by atoms with Crippen LogP contribution < -0.4 is 10.2 Å². The summed E-state index contributed by atoms with van der Waals surface area (Å²) in [4.78, 5) is 11.8. The van der Waals surface area contributed by atoms with Crippen molar-refractivity contribution in [3.05, 3.63) is 63.2 Å². The number of nitrogens with one attached hydrogen (secondary N) is 1. The SMILES string of the molecule is C/C(=N/NC(=O)COc1ccccc1C)c1cccc(I)c1. The Hall–Kier alpha value is -1.89. The van der Waals surface area contributed by atoms with Crippen LogP contribution in [-0.2, 0) is 4.79 Å². The van der Waals surface area contributed by atoms with E-state index in [1.54, 1.807) is 0 Å². The summed E-state index contributed by atoms with van der Waals surface area (Å²) in [6.45, 7) is 3.73. The fraction of sp³-hybridized carbons (Fsp3) is 0.176. The molecular weight excluding hydrogens is 391 g/mol. The van der Waals surface area contributed by atoms with Gasteiger partial charge in [0.05, 0.1) is 5.71 Å². The Bertz CT molecular complexity index is 699. The van der Waals surface area contributed by atoms with Crippen LogP contribution in [-0.4, -0.2) is 18.2 Å². The molecule has 0 fully saturated rings. The van der Waals surface area contributed by atoms with Crippen molar-refractivity contribution in [3.8, 4) is 5.75 Å². The number of benzene rings is 2. The number of nitrogens with zero attached hydrogens (tertiary/aromatic N) is 1. The molecular formula is C17H17IN2O2. The van der Waals surface area contributed by atoms with Gasteiger partial charge in [0.1, 0.15) is 5.75 Å². The maximum Gasteiger partial charge on any atom is 0.277 e. The molecule has 0 saturated carbocycles. The third-order valence-electron chi connectivity index (χ3n) is 3.04. The highest BCUT2D eigenvalue weighted by Crippen LogP contribution is 2.15. The molecule has 2 aromatic carbocycles. The summed E-state index contributed by atoms with van der Waals surface area (Å²) in [6, 6.07) is 15.5. The van der Waals surface area contributed by atoms with E-state index < -0.39 is 0 Å². The first kappa shape index (κ1) is 16.5. The minimum atomic E-state index is -0.284. The lowest BCUT2D eigenvalue weighted by molar-refractivity contribution is -0.123. The number of rotatable bonds is 5. The van der Waals surface area contributed by atoms with Crippen LogP contribution in [0.3, 0.4) is 0 Å². The Kier molecular flexibility index (Phi) is 5.94. The third-order valence-corrected chi connectivity index (χ3v) is 3.71. The zero-order valence-corrected chi connectivity index (χ0v) is 14.6. The predicted molar refractivity (Wildman–Crippen MR) is 96.2 cm³/mol. The van der Waals surface area contributed by atoms with Gasteiger partial charge in [-0.25, -0.2) is 5.43 Å². The number of para-hydroxylation sites is 1. The van der Waals surface area contributed by atoms with Crippen molar-refractivity contribution in [3.63, 3.8) is 0 Å². The maximum atomic E-state index is 11.8. The lowest BCUT2D eigenvalue weighted by Gasteiger charge is -2.08. The van der Waals surface area contributed by atoms with E-state index in [1.807, 2.05) is 62.4 Å². The molecule has 1 N–H and O–H groups in total. The summed E-state index contributed by atoms with van der Waals surface area (Å²) in [6.07, 6.45) is 0. The predicted octanol–water partition coefficient (Wildman–Crippen LogP) is 3.52. The van der Waals surface area contributed by atoms with Crippen molar-refractivity contribution in [2.75, 3.05) is 6.61 Å². The van der Waals surface area contributed by atoms with Crippen LogP contribution in [0.4, 0.5) is 0 Å². The van der Waals surface area contributed by atoms with Crippen LogP contribution in [0.2, 0.25) is 0 Å². The number of ether oxygens (including phenoxy) is 1. The Balaban J connectivity index is 1.90. The smallest absolute Gasteiger partial charge is 0.277 e. The quantitative estimate of drug-likeness (QED) is 0.468. The van der Waals surface area contributed by atoms with Crippen LogP contribution in [0.15, 0.2) is 53.6 Å². The number of carbonyl (C=O) groups is 1. The summed E-state index contributed by atoms with van der Waals surface area (Å²) in [5, 5.41) is 4.10. The van der Waals surface area contributed by atoms with E-state index in [2.05, 4.69) is 33.1 Å². The monoisotopic (exact) mass is 408 g/mol. The van der Waals surface area contributed by atoms with Crippen molar-refractivity contribution in [1.82, 2.24) is 5.43 Å². The second-order valence-corrected chi connectivity index (χ2v) is 6.04. The van der Waals surface area contributed by atoms with E-state index in [1.165, 1.54) is 0 Å². The fourth-order valence-electron chi connectivity index (χ4n) is 1.82. The van der Waals surface area contributed by atoms with Gasteiger partial charge in [-0.2, -0.15) is 5.10 Å². The second kappa shape index (κ2) is 7.93. The Morgan fingerprint density at radius 2 is 2.00 bits per heavy atom. The van der Waals surface area contributed by atoms with Crippen molar-refractivity contribution >= 4 is 34.2 Å². The largest absolute Gasteiger partial charge is 0.483 e. The number of hydrazone groups is 1. The first-order valence-electron chi connectivity index (χ1n) is 6.84. The average molecular weight is 408 g/mol. The van der Waals surface area contributed by atoms with Gasteiger partial charge >= 0.3 is 0 Å². The Morgan fingerprint density at radius 1 is 1.23 bits per heavy atom. The molecule has 0 saturated heterocycles. The first-order valence-corrected chi connectivity index (χ1v) is 7.91. The zero-order chi connectivity index (χ0) is 15.9. The molecule has 0 bridgehead atoms. The summed E-state index contributed by atoms with van der Waals surface area (Å²) in [5.41, 5.74) is 5.24. The maximum absolute atomic E-state index is 11.8. The van der Waals surface area contributed by atoms with Gasteiger partial charge in [0.2, 0.25) is 0 Å². The molecule has 0 spiro atoms. The molecule has 0 aliphatic rings. The number of hydrogen-bond donors (Lipinski definition) is 1. The third kappa shape index (κ3) is 4.84. The van der Waals surface area contributed by atoms with Crippen LogP contribution in [0.5, 0.6) is 5.75 Å². The van der Waals surface area contributed by atoms with Crippen molar-refractivity contribution in [1.29, 1.82) is 0 Å². The molecule has 0 heterocycles. The molecule has 2 aromatic rings. The number of aryl methyl sites for hydroxylation is 1. The van der Waals surface area contributed by atoms with Crippen molar-refractivity contribution < 1.29 is 9.53 Å². The minimum Gasteiger partial charge on any atom is -0.483 e. The molecule has 4 nitrogen and oxygen atoms in total. The molecule has 0 aliphatic heterocycles. The molecule has 0 unspecified atom stereocenters. The van der Waals surface area contributed by atoms with Crippen LogP contribution >= 0.6 is 22.6 Å². The first-order chi connectivity index (χ1) is 10.6. The van der Waals surface area contributed by atoms with Gasteiger partial charge in [0.15, 0.2) is 6.61 Å². The van der Waals surface area contributed by atoms with Crippen LogP contribution in [0, 0.1) is 10.5 Å². The van der Waals surface area contributed by atoms with E-state index in [9.17, 15) is 4.79 Å². The van der Waals surface area contributed by atoms with E-state index >= 15 is 0 Å². The van der Waals surface area contributed by atoms with Gasteiger partial charge in [-0.05, 0) is 65.8 Å². The molecule has 2 rings (SSSR count). The molecule has 1 amide bonds. The van der Waals surface area contributed by atoms with Gasteiger partial charge in [-0.3, -0.25) is 4.79 Å². The van der Waals surface area contributed by atoms with E-state index in [4.69, 9.17) is 4.74 Å². The highest BCUT2D eigenvalue weighted by molar-refractivity contribution is 14.1. The van der Waals surface area contributed by atoms with Crippen molar-refractivity contribution in [2.24, 2.45) is 5.10 Å². The molecule has 0 atom stereocenters. The van der Waals surface area contributed by atoms with Gasteiger partial charge in [-0.15, -0.1) is 0 Å². The average Bonchev–Trinajstić information content (AvgIpc) is 2.52. The van der Waals surface area contributed by atoms with E-state index in [-0.39, 0.29) is 12.5 Å². The molecule has 0 aliphatic carbocycles. The number of carbonyl (C=O) groups excluding carboxylic acids is 1. The summed E-state index contributed by atoms with van der Waals surface area (Å²) in [5.74, 6) is 0.421. The molecule has 5 heteroatoms. The normalized spacial score (nSPS) is 11.1. The Labute approximate surface area is 143 Å². The summed E-state index contributed by atoms with van der Waals surface area (Å²) < 4.78 is 6.60. The van der Waals surface area contributed by atoms with Crippen molar-refractivity contribution in [2.45, 2.75) is 13.8 Å². The van der Waals surface area contributed by atoms with Gasteiger partial charge in [0.25, 0.3) is 5.91 Å².